The van der Waals surface area contributed by atoms with Gasteiger partial charge in [-0.05, 0) is 25.6 Å². The van der Waals surface area contributed by atoms with Crippen LogP contribution in [0.3, 0.4) is 0 Å². The van der Waals surface area contributed by atoms with Crippen LogP contribution >= 0.6 is 23.2 Å². The maximum absolute atomic E-state index is 6.17. The van der Waals surface area contributed by atoms with E-state index in [4.69, 9.17) is 27.9 Å². The summed E-state index contributed by atoms with van der Waals surface area (Å²) in [4.78, 5) is 0. The van der Waals surface area contributed by atoms with Gasteiger partial charge in [0.05, 0.1) is 11.6 Å². The number of nitrogens with one attached hydrogen (secondary N) is 1. The van der Waals surface area contributed by atoms with Gasteiger partial charge in [0.1, 0.15) is 5.75 Å². The Balaban J connectivity index is 2.81. The lowest BCUT2D eigenvalue weighted by Crippen LogP contribution is -2.13. The van der Waals surface area contributed by atoms with Crippen molar-refractivity contribution in [2.45, 2.75) is 26.8 Å². The summed E-state index contributed by atoms with van der Waals surface area (Å²) in [5, 5.41) is 4.42. The minimum atomic E-state index is 0.553. The molecular formula is C14H19Cl2NO. The van der Waals surface area contributed by atoms with Crippen LogP contribution in [0.15, 0.2) is 24.3 Å². The van der Waals surface area contributed by atoms with Crippen LogP contribution in [-0.2, 0) is 6.54 Å². The highest BCUT2D eigenvalue weighted by molar-refractivity contribution is 6.35. The largest absolute Gasteiger partial charge is 0.491 e. The first kappa shape index (κ1) is 15.4. The van der Waals surface area contributed by atoms with E-state index in [1.807, 2.05) is 19.9 Å². The van der Waals surface area contributed by atoms with Crippen molar-refractivity contribution in [1.82, 2.24) is 5.32 Å². The zero-order valence-electron chi connectivity index (χ0n) is 10.9. The highest BCUT2D eigenvalue weighted by atomic mass is 35.5. The van der Waals surface area contributed by atoms with Crippen LogP contribution in [0.1, 0.15) is 25.8 Å². The number of ether oxygens (including phenoxy) is 1. The highest BCUT2D eigenvalue weighted by Crippen LogP contribution is 2.32. The van der Waals surface area contributed by atoms with E-state index in [2.05, 4.69) is 11.9 Å². The van der Waals surface area contributed by atoms with E-state index in [9.17, 15) is 0 Å². The van der Waals surface area contributed by atoms with E-state index in [1.54, 1.807) is 6.07 Å². The van der Waals surface area contributed by atoms with Crippen molar-refractivity contribution in [1.29, 1.82) is 0 Å². The lowest BCUT2D eigenvalue weighted by Gasteiger charge is -2.14. The van der Waals surface area contributed by atoms with Crippen LogP contribution in [0.25, 0.3) is 0 Å². The Labute approximate surface area is 119 Å². The lowest BCUT2D eigenvalue weighted by atomic mass is 10.2. The Morgan fingerprint density at radius 3 is 2.72 bits per heavy atom. The maximum atomic E-state index is 6.17. The first-order valence-corrected chi connectivity index (χ1v) is 6.76. The quantitative estimate of drug-likeness (QED) is 0.748. The van der Waals surface area contributed by atoms with Gasteiger partial charge in [0.2, 0.25) is 0 Å². The van der Waals surface area contributed by atoms with Gasteiger partial charge >= 0.3 is 0 Å². The Bertz CT molecular complexity index is 419. The SMILES string of the molecule is C=C(C)CCOc1c(Cl)cc(Cl)cc1CNCC. The fraction of sp³-hybridized carbons (Fsp3) is 0.429. The number of halogens is 2. The Kier molecular flexibility index (Phi) is 6.55. The van der Waals surface area contributed by atoms with Gasteiger partial charge in [-0.2, -0.15) is 0 Å². The molecule has 0 unspecified atom stereocenters. The van der Waals surface area contributed by atoms with Crippen LogP contribution in [0.4, 0.5) is 0 Å². The molecule has 0 saturated heterocycles. The standard InChI is InChI=1S/C14H19Cl2NO/c1-4-17-9-11-7-12(15)8-13(16)14(11)18-6-5-10(2)3/h7-8,17H,2,4-6,9H2,1,3H3. The second-order valence-electron chi connectivity index (χ2n) is 4.21. The molecule has 2 nitrogen and oxygen atoms in total. The minimum Gasteiger partial charge on any atom is -0.491 e. The van der Waals surface area contributed by atoms with Gasteiger partial charge in [-0.15, -0.1) is 6.58 Å². The third-order valence-electron chi connectivity index (χ3n) is 2.43. The van der Waals surface area contributed by atoms with Gasteiger partial charge in [-0.1, -0.05) is 35.7 Å². The molecule has 18 heavy (non-hydrogen) atoms. The molecule has 1 aromatic rings. The normalized spacial score (nSPS) is 10.4. The van der Waals surface area contributed by atoms with Crippen molar-refractivity contribution in [2.24, 2.45) is 0 Å². The second-order valence-corrected chi connectivity index (χ2v) is 5.06. The molecule has 0 aliphatic rings. The summed E-state index contributed by atoms with van der Waals surface area (Å²) in [6.07, 6.45) is 0.819. The number of hydrogen-bond donors (Lipinski definition) is 1. The van der Waals surface area contributed by atoms with Crippen molar-refractivity contribution in [2.75, 3.05) is 13.2 Å². The Morgan fingerprint density at radius 1 is 1.39 bits per heavy atom. The highest BCUT2D eigenvalue weighted by Gasteiger charge is 2.10. The summed E-state index contributed by atoms with van der Waals surface area (Å²) >= 11 is 12.2. The Morgan fingerprint density at radius 2 is 2.11 bits per heavy atom. The Hall–Kier alpha value is -0.700. The van der Waals surface area contributed by atoms with Crippen LogP contribution in [0, 0.1) is 0 Å². The smallest absolute Gasteiger partial charge is 0.142 e. The molecule has 1 N–H and O–H groups in total. The van der Waals surface area contributed by atoms with Gasteiger partial charge < -0.3 is 10.1 Å². The fourth-order valence-electron chi connectivity index (χ4n) is 1.49. The van der Waals surface area contributed by atoms with Gasteiger partial charge in [0.15, 0.2) is 0 Å². The molecule has 0 aliphatic heterocycles. The molecule has 0 aliphatic carbocycles. The molecule has 0 spiro atoms. The van der Waals surface area contributed by atoms with Crippen molar-refractivity contribution in [3.63, 3.8) is 0 Å². The topological polar surface area (TPSA) is 21.3 Å². The second kappa shape index (κ2) is 7.67. The lowest BCUT2D eigenvalue weighted by molar-refractivity contribution is 0.318. The third kappa shape index (κ3) is 4.89. The number of benzene rings is 1. The fourth-order valence-corrected chi connectivity index (χ4v) is 2.08. The molecule has 100 valence electrons. The van der Waals surface area contributed by atoms with Crippen LogP contribution in [-0.4, -0.2) is 13.2 Å². The summed E-state index contributed by atoms with van der Waals surface area (Å²) in [7, 11) is 0. The monoisotopic (exact) mass is 287 g/mol. The molecule has 0 fully saturated rings. The van der Waals surface area contributed by atoms with E-state index >= 15 is 0 Å². The van der Waals surface area contributed by atoms with E-state index < -0.39 is 0 Å². The van der Waals surface area contributed by atoms with Gasteiger partial charge in [-0.25, -0.2) is 0 Å². The summed E-state index contributed by atoms with van der Waals surface area (Å²) in [6.45, 7) is 10.0. The average Bonchev–Trinajstić information content (AvgIpc) is 2.28. The molecule has 0 aromatic heterocycles. The molecule has 4 heteroatoms. The zero-order valence-corrected chi connectivity index (χ0v) is 12.4. The first-order valence-electron chi connectivity index (χ1n) is 6.00. The number of hydrogen-bond acceptors (Lipinski definition) is 2. The first-order chi connectivity index (χ1) is 8.54. The van der Waals surface area contributed by atoms with Crippen molar-refractivity contribution in [3.05, 3.63) is 39.9 Å². The maximum Gasteiger partial charge on any atom is 0.142 e. The molecule has 0 bridgehead atoms. The summed E-state index contributed by atoms with van der Waals surface area (Å²) in [5.41, 5.74) is 2.07. The average molecular weight is 288 g/mol. The van der Waals surface area contributed by atoms with Crippen LogP contribution in [0.2, 0.25) is 10.0 Å². The van der Waals surface area contributed by atoms with E-state index in [-0.39, 0.29) is 0 Å². The van der Waals surface area contributed by atoms with Crippen LogP contribution < -0.4 is 10.1 Å². The summed E-state index contributed by atoms with van der Waals surface area (Å²) < 4.78 is 5.74. The van der Waals surface area contributed by atoms with E-state index in [0.29, 0.717) is 28.9 Å². The molecule has 0 saturated carbocycles. The molecular weight excluding hydrogens is 269 g/mol. The van der Waals surface area contributed by atoms with Gasteiger partial charge in [-0.3, -0.25) is 0 Å². The van der Waals surface area contributed by atoms with E-state index in [0.717, 1.165) is 24.1 Å². The summed E-state index contributed by atoms with van der Waals surface area (Å²) in [5.74, 6) is 0.711. The van der Waals surface area contributed by atoms with Gasteiger partial charge in [0, 0.05) is 23.6 Å². The van der Waals surface area contributed by atoms with Crippen molar-refractivity contribution in [3.8, 4) is 5.75 Å². The molecule has 0 amide bonds. The minimum absolute atomic E-state index is 0.553. The number of rotatable bonds is 7. The third-order valence-corrected chi connectivity index (χ3v) is 2.92. The predicted molar refractivity (Wildman–Crippen MR) is 78.8 cm³/mol. The molecule has 1 rings (SSSR count). The molecule has 1 aromatic carbocycles. The molecule has 0 radical (unpaired) electrons. The van der Waals surface area contributed by atoms with Crippen LogP contribution in [0.5, 0.6) is 5.75 Å². The predicted octanol–water partition coefficient (Wildman–Crippen LogP) is 4.45. The molecule has 0 atom stereocenters. The van der Waals surface area contributed by atoms with Gasteiger partial charge in [0.25, 0.3) is 0 Å². The zero-order chi connectivity index (χ0) is 13.5. The van der Waals surface area contributed by atoms with E-state index in [1.165, 1.54) is 0 Å². The molecule has 0 heterocycles. The summed E-state index contributed by atoms with van der Waals surface area (Å²) in [6, 6.07) is 3.58. The van der Waals surface area contributed by atoms with Crippen molar-refractivity contribution < 1.29 is 4.74 Å². The van der Waals surface area contributed by atoms with Crippen molar-refractivity contribution >= 4 is 23.2 Å².